The van der Waals surface area contributed by atoms with E-state index in [2.05, 4.69) is 17.9 Å². The molecule has 0 aromatic heterocycles. The van der Waals surface area contributed by atoms with E-state index in [-0.39, 0.29) is 6.42 Å². The number of methoxy groups -OCH3 is 1. The summed E-state index contributed by atoms with van der Waals surface area (Å²) >= 11 is 0. The number of nitrogens with zero attached hydrogens (tertiary/aromatic N) is 1. The molecular weight excluding hydrogens is 314 g/mol. The molecule has 1 rings (SSSR count). The minimum absolute atomic E-state index is 0.172. The molecule has 0 aliphatic carbocycles. The van der Waals surface area contributed by atoms with Crippen molar-refractivity contribution < 1.29 is 27.1 Å². The van der Waals surface area contributed by atoms with Crippen LogP contribution in [0.2, 0.25) is 0 Å². The summed E-state index contributed by atoms with van der Waals surface area (Å²) in [6.07, 6.45) is -3.94. The number of hydrogen-bond donors (Lipinski definition) is 0. The van der Waals surface area contributed by atoms with Crippen LogP contribution in [0.15, 0.2) is 49.1 Å². The summed E-state index contributed by atoms with van der Waals surface area (Å²) in [5, 5.41) is 0. The lowest BCUT2D eigenvalue weighted by Gasteiger charge is -2.31. The van der Waals surface area contributed by atoms with Crippen molar-refractivity contribution in [3.63, 3.8) is 0 Å². The molecule has 1 aromatic carbocycles. The number of rotatable bonds is 6. The van der Waals surface area contributed by atoms with Gasteiger partial charge in [0.15, 0.2) is 0 Å². The standard InChI is InChI=1S/C16H17F4NO2/c1-4-5-14(12-6-8-13(17)9-7-12)21(15(22)23-3)10-11(2)16(18,19)20/h4,6-9,14H,1-2,5,10H2,3H3. The molecule has 3 nitrogen and oxygen atoms in total. The molecule has 7 heteroatoms. The summed E-state index contributed by atoms with van der Waals surface area (Å²) in [4.78, 5) is 12.8. The van der Waals surface area contributed by atoms with Gasteiger partial charge in [0.2, 0.25) is 0 Å². The first kappa shape index (κ1) is 18.7. The lowest BCUT2D eigenvalue weighted by molar-refractivity contribution is -0.0954. The van der Waals surface area contributed by atoms with E-state index in [9.17, 15) is 22.4 Å². The average molecular weight is 331 g/mol. The number of ether oxygens (including phenoxy) is 1. The first-order chi connectivity index (χ1) is 10.7. The van der Waals surface area contributed by atoms with Gasteiger partial charge in [-0.25, -0.2) is 9.18 Å². The Morgan fingerprint density at radius 1 is 1.35 bits per heavy atom. The van der Waals surface area contributed by atoms with Crippen LogP contribution in [0.3, 0.4) is 0 Å². The fourth-order valence-corrected chi connectivity index (χ4v) is 2.00. The maximum Gasteiger partial charge on any atom is 0.413 e. The fraction of sp³-hybridized carbons (Fsp3) is 0.312. The lowest BCUT2D eigenvalue weighted by atomic mass is 10.0. The van der Waals surface area contributed by atoms with Crippen molar-refractivity contribution in [2.75, 3.05) is 13.7 Å². The molecule has 0 fully saturated rings. The van der Waals surface area contributed by atoms with E-state index in [1.807, 2.05) is 0 Å². The van der Waals surface area contributed by atoms with Crippen molar-refractivity contribution in [3.05, 3.63) is 60.5 Å². The van der Waals surface area contributed by atoms with Crippen molar-refractivity contribution in [2.24, 2.45) is 0 Å². The van der Waals surface area contributed by atoms with Gasteiger partial charge in [0, 0.05) is 5.57 Å². The SMILES string of the molecule is C=CCC(c1ccc(F)cc1)N(CC(=C)C(F)(F)F)C(=O)OC. The predicted molar refractivity (Wildman–Crippen MR) is 78.3 cm³/mol. The normalized spacial score (nSPS) is 12.4. The van der Waals surface area contributed by atoms with Crippen molar-refractivity contribution in [1.29, 1.82) is 0 Å². The topological polar surface area (TPSA) is 29.5 Å². The largest absolute Gasteiger partial charge is 0.453 e. The Morgan fingerprint density at radius 2 is 1.91 bits per heavy atom. The van der Waals surface area contributed by atoms with Gasteiger partial charge in [-0.05, 0) is 24.1 Å². The van der Waals surface area contributed by atoms with Gasteiger partial charge in [0.1, 0.15) is 5.82 Å². The fourth-order valence-electron chi connectivity index (χ4n) is 2.00. The van der Waals surface area contributed by atoms with E-state index in [0.29, 0.717) is 5.56 Å². The minimum atomic E-state index is -4.63. The summed E-state index contributed by atoms with van der Waals surface area (Å²) in [7, 11) is 1.07. The third kappa shape index (κ3) is 5.12. The van der Waals surface area contributed by atoms with E-state index in [1.54, 1.807) is 0 Å². The predicted octanol–water partition coefficient (Wildman–Crippen LogP) is 4.63. The molecule has 126 valence electrons. The second kappa shape index (κ2) is 7.80. The highest BCUT2D eigenvalue weighted by molar-refractivity contribution is 5.68. The number of amides is 1. The first-order valence-electron chi connectivity index (χ1n) is 6.66. The first-order valence-corrected chi connectivity index (χ1v) is 6.66. The molecule has 0 heterocycles. The Balaban J connectivity index is 3.18. The molecule has 0 radical (unpaired) electrons. The number of hydrogen-bond acceptors (Lipinski definition) is 2. The molecule has 0 N–H and O–H groups in total. The zero-order valence-corrected chi connectivity index (χ0v) is 12.6. The molecule has 0 saturated heterocycles. The monoisotopic (exact) mass is 331 g/mol. The van der Waals surface area contributed by atoms with Crippen LogP contribution in [-0.4, -0.2) is 30.8 Å². The zero-order chi connectivity index (χ0) is 17.6. The van der Waals surface area contributed by atoms with Crippen LogP contribution in [0.4, 0.5) is 22.4 Å². The molecule has 0 bridgehead atoms. The quantitative estimate of drug-likeness (QED) is 0.562. The summed E-state index contributed by atoms with van der Waals surface area (Å²) in [5.74, 6) is -0.490. The highest BCUT2D eigenvalue weighted by Crippen LogP contribution is 2.31. The molecule has 1 aromatic rings. The summed E-state index contributed by atoms with van der Waals surface area (Å²) in [5.41, 5.74) is -0.620. The lowest BCUT2D eigenvalue weighted by Crippen LogP contribution is -2.38. The number of carbonyl (C=O) groups excluding carboxylic acids is 1. The Hall–Kier alpha value is -2.31. The molecule has 1 atom stereocenters. The van der Waals surface area contributed by atoms with Crippen LogP contribution < -0.4 is 0 Å². The van der Waals surface area contributed by atoms with Crippen molar-refractivity contribution in [2.45, 2.75) is 18.6 Å². The van der Waals surface area contributed by atoms with E-state index in [1.165, 1.54) is 30.3 Å². The van der Waals surface area contributed by atoms with Crippen LogP contribution in [0, 0.1) is 5.82 Å². The second-order valence-corrected chi connectivity index (χ2v) is 4.79. The molecule has 0 saturated carbocycles. The molecule has 1 amide bonds. The zero-order valence-electron chi connectivity index (χ0n) is 12.6. The average Bonchev–Trinajstić information content (AvgIpc) is 2.49. The van der Waals surface area contributed by atoms with Crippen LogP contribution in [0.25, 0.3) is 0 Å². The maximum absolute atomic E-state index is 13.0. The van der Waals surface area contributed by atoms with Gasteiger partial charge >= 0.3 is 12.3 Å². The van der Waals surface area contributed by atoms with E-state index < -0.39 is 36.2 Å². The van der Waals surface area contributed by atoms with Gasteiger partial charge in [-0.2, -0.15) is 13.2 Å². The number of carbonyl (C=O) groups is 1. The highest BCUT2D eigenvalue weighted by Gasteiger charge is 2.36. The Kier molecular flexibility index (Phi) is 6.36. The molecular formula is C16H17F4NO2. The van der Waals surface area contributed by atoms with E-state index in [0.717, 1.165) is 12.0 Å². The van der Waals surface area contributed by atoms with Crippen LogP contribution in [0.5, 0.6) is 0 Å². The van der Waals surface area contributed by atoms with Crippen molar-refractivity contribution in [1.82, 2.24) is 4.90 Å². The number of alkyl halides is 3. The molecule has 0 aliphatic heterocycles. The molecule has 0 aliphatic rings. The molecule has 0 spiro atoms. The van der Waals surface area contributed by atoms with Gasteiger partial charge in [0.05, 0.1) is 19.7 Å². The molecule has 23 heavy (non-hydrogen) atoms. The van der Waals surface area contributed by atoms with E-state index in [4.69, 9.17) is 0 Å². The maximum atomic E-state index is 13.0. The Labute approximate surface area is 131 Å². The van der Waals surface area contributed by atoms with Gasteiger partial charge in [0.25, 0.3) is 0 Å². The Bertz CT molecular complexity index is 566. The van der Waals surface area contributed by atoms with Crippen LogP contribution in [0.1, 0.15) is 18.0 Å². The third-order valence-corrected chi connectivity index (χ3v) is 3.19. The van der Waals surface area contributed by atoms with Crippen molar-refractivity contribution >= 4 is 6.09 Å². The summed E-state index contributed by atoms with van der Waals surface area (Å²) in [6.45, 7) is 5.76. The van der Waals surface area contributed by atoms with E-state index >= 15 is 0 Å². The van der Waals surface area contributed by atoms with Gasteiger partial charge in [-0.1, -0.05) is 24.8 Å². The van der Waals surface area contributed by atoms with Gasteiger partial charge in [-0.15, -0.1) is 6.58 Å². The Morgan fingerprint density at radius 3 is 2.35 bits per heavy atom. The highest BCUT2D eigenvalue weighted by atomic mass is 19.4. The smallest absolute Gasteiger partial charge is 0.413 e. The van der Waals surface area contributed by atoms with Gasteiger partial charge < -0.3 is 4.74 Å². The summed E-state index contributed by atoms with van der Waals surface area (Å²) < 4.78 is 55.8. The summed E-state index contributed by atoms with van der Waals surface area (Å²) in [6, 6.07) is 4.35. The number of halogens is 4. The number of benzene rings is 1. The minimum Gasteiger partial charge on any atom is -0.453 e. The van der Waals surface area contributed by atoms with Gasteiger partial charge in [-0.3, -0.25) is 4.90 Å². The van der Waals surface area contributed by atoms with Crippen molar-refractivity contribution in [3.8, 4) is 0 Å². The second-order valence-electron chi connectivity index (χ2n) is 4.79. The van der Waals surface area contributed by atoms with Crippen LogP contribution in [-0.2, 0) is 4.74 Å². The van der Waals surface area contributed by atoms with Crippen LogP contribution >= 0.6 is 0 Å². The molecule has 1 unspecified atom stereocenters. The third-order valence-electron chi connectivity index (χ3n) is 3.19.